The van der Waals surface area contributed by atoms with Gasteiger partial charge in [0.05, 0.1) is 17.4 Å². The molecule has 19 heavy (non-hydrogen) atoms. The molecule has 1 aliphatic heterocycles. The summed E-state index contributed by atoms with van der Waals surface area (Å²) in [6.45, 7) is 3.47. The van der Waals surface area contributed by atoms with Crippen molar-refractivity contribution in [2.24, 2.45) is 5.92 Å². The second-order valence-electron chi connectivity index (χ2n) is 4.95. The van der Waals surface area contributed by atoms with Gasteiger partial charge in [-0.1, -0.05) is 0 Å². The molecule has 1 aliphatic rings. The van der Waals surface area contributed by atoms with Crippen molar-refractivity contribution in [2.45, 2.75) is 32.4 Å². The lowest BCUT2D eigenvalue weighted by atomic mass is 10.0. The Bertz CT molecular complexity index is 448. The monoisotopic (exact) mass is 292 g/mol. The molecule has 1 saturated heterocycles. The number of carboxylic acids is 1. The highest BCUT2D eigenvalue weighted by Crippen LogP contribution is 2.07. The summed E-state index contributed by atoms with van der Waals surface area (Å²) >= 11 is 0. The zero-order valence-electron chi connectivity index (χ0n) is 11.0. The van der Waals surface area contributed by atoms with Gasteiger partial charge in [-0.25, -0.2) is 8.42 Å². The van der Waals surface area contributed by atoms with Gasteiger partial charge in [0.25, 0.3) is 0 Å². The van der Waals surface area contributed by atoms with Crippen LogP contribution in [-0.2, 0) is 19.4 Å². The van der Waals surface area contributed by atoms with Crippen molar-refractivity contribution in [3.8, 4) is 0 Å². The van der Waals surface area contributed by atoms with E-state index in [1.54, 1.807) is 6.92 Å². The van der Waals surface area contributed by atoms with E-state index in [4.69, 9.17) is 5.11 Å². The summed E-state index contributed by atoms with van der Waals surface area (Å²) in [6, 6.07) is -0.892. The van der Waals surface area contributed by atoms with Crippen LogP contribution in [0, 0.1) is 5.92 Å². The van der Waals surface area contributed by atoms with Crippen molar-refractivity contribution >= 4 is 21.7 Å². The maximum absolute atomic E-state index is 11.7. The fraction of sp³-hybridized carbons (Fsp3) is 0.818. The average Bonchev–Trinajstić information content (AvgIpc) is 2.25. The summed E-state index contributed by atoms with van der Waals surface area (Å²) in [5.74, 6) is -1.96. The molecule has 0 bridgehead atoms. The molecule has 3 N–H and O–H groups in total. The van der Waals surface area contributed by atoms with Crippen LogP contribution in [0.5, 0.6) is 0 Å². The molecule has 1 heterocycles. The number of rotatable bonds is 5. The van der Waals surface area contributed by atoms with Gasteiger partial charge in [-0.3, -0.25) is 9.59 Å². The molecule has 1 rings (SSSR count). The van der Waals surface area contributed by atoms with Crippen LogP contribution in [0.3, 0.4) is 0 Å². The Kier molecular flexibility index (Phi) is 5.30. The number of hydrogen-bond acceptors (Lipinski definition) is 5. The quantitative estimate of drug-likeness (QED) is 0.598. The van der Waals surface area contributed by atoms with E-state index in [0.717, 1.165) is 0 Å². The van der Waals surface area contributed by atoms with Crippen LogP contribution in [0.15, 0.2) is 0 Å². The first-order valence-corrected chi connectivity index (χ1v) is 7.99. The first kappa shape index (κ1) is 15.9. The van der Waals surface area contributed by atoms with E-state index in [-0.39, 0.29) is 23.8 Å². The lowest BCUT2D eigenvalue weighted by Gasteiger charge is -2.24. The summed E-state index contributed by atoms with van der Waals surface area (Å²) in [5.41, 5.74) is 0. The molecule has 3 atom stereocenters. The number of carboxylic acid groups (broad SMARTS) is 1. The smallest absolute Gasteiger partial charge is 0.308 e. The van der Waals surface area contributed by atoms with Gasteiger partial charge < -0.3 is 15.7 Å². The first-order valence-electron chi connectivity index (χ1n) is 6.17. The lowest BCUT2D eigenvalue weighted by Crippen LogP contribution is -2.49. The maximum atomic E-state index is 11.7. The van der Waals surface area contributed by atoms with Gasteiger partial charge >= 0.3 is 5.97 Å². The predicted molar refractivity (Wildman–Crippen MR) is 69.5 cm³/mol. The van der Waals surface area contributed by atoms with Gasteiger partial charge in [-0.2, -0.15) is 0 Å². The van der Waals surface area contributed by atoms with Crippen LogP contribution in [0.1, 0.15) is 20.3 Å². The molecule has 0 aromatic carbocycles. The normalized spacial score (nSPS) is 25.3. The van der Waals surface area contributed by atoms with E-state index in [1.807, 2.05) is 0 Å². The van der Waals surface area contributed by atoms with Crippen LogP contribution in [-0.4, -0.2) is 55.5 Å². The molecule has 0 aliphatic carbocycles. The number of amides is 1. The van der Waals surface area contributed by atoms with Crippen molar-refractivity contribution < 1.29 is 23.1 Å². The zero-order valence-corrected chi connectivity index (χ0v) is 11.9. The maximum Gasteiger partial charge on any atom is 0.308 e. The summed E-state index contributed by atoms with van der Waals surface area (Å²) in [7, 11) is -3.07. The minimum atomic E-state index is -3.07. The average molecular weight is 292 g/mol. The van der Waals surface area contributed by atoms with Gasteiger partial charge in [-0.05, 0) is 13.8 Å². The van der Waals surface area contributed by atoms with E-state index in [9.17, 15) is 18.0 Å². The molecule has 1 fully saturated rings. The number of hydrogen-bond donors (Lipinski definition) is 3. The van der Waals surface area contributed by atoms with E-state index in [0.29, 0.717) is 6.54 Å². The van der Waals surface area contributed by atoms with E-state index in [1.165, 1.54) is 6.92 Å². The first-order chi connectivity index (χ1) is 8.71. The number of carbonyl (C=O) groups is 2. The Morgan fingerprint density at radius 1 is 1.42 bits per heavy atom. The fourth-order valence-corrected chi connectivity index (χ4v) is 3.32. The number of carbonyl (C=O) groups excluding carboxylic acids is 1. The Hall–Kier alpha value is -1.15. The number of sulfone groups is 1. The molecular weight excluding hydrogens is 272 g/mol. The molecule has 1 amide bonds. The Morgan fingerprint density at radius 2 is 2.05 bits per heavy atom. The second kappa shape index (κ2) is 6.33. The summed E-state index contributed by atoms with van der Waals surface area (Å²) in [5, 5.41) is 14.4. The number of nitrogens with one attached hydrogen (secondary N) is 2. The second-order valence-corrected chi connectivity index (χ2v) is 7.18. The Labute approximate surface area is 112 Å². The van der Waals surface area contributed by atoms with Gasteiger partial charge in [0.1, 0.15) is 0 Å². The van der Waals surface area contributed by atoms with E-state index in [2.05, 4.69) is 10.6 Å². The SMILES string of the molecule is CC(NC(=O)CC1CS(=O)(=O)CCN1)C(C)C(=O)O. The molecule has 8 heteroatoms. The van der Waals surface area contributed by atoms with Crippen LogP contribution in [0.25, 0.3) is 0 Å². The fourth-order valence-electron chi connectivity index (χ4n) is 1.87. The molecule has 110 valence electrons. The summed E-state index contributed by atoms with van der Waals surface area (Å²) < 4.78 is 22.8. The topological polar surface area (TPSA) is 113 Å². The highest BCUT2D eigenvalue weighted by atomic mass is 32.2. The summed E-state index contributed by atoms with van der Waals surface area (Å²) in [4.78, 5) is 22.5. The van der Waals surface area contributed by atoms with Crippen LogP contribution in [0.4, 0.5) is 0 Å². The Morgan fingerprint density at radius 3 is 2.58 bits per heavy atom. The van der Waals surface area contributed by atoms with Gasteiger partial charge in [-0.15, -0.1) is 0 Å². The standard InChI is InChI=1S/C11H20N2O5S/c1-7(11(15)16)8(2)13-10(14)5-9-6-19(17,18)4-3-12-9/h7-9,12H,3-6H2,1-2H3,(H,13,14)(H,15,16). The van der Waals surface area contributed by atoms with Gasteiger partial charge in [0, 0.05) is 25.0 Å². The van der Waals surface area contributed by atoms with Gasteiger partial charge in [0.15, 0.2) is 9.84 Å². The van der Waals surface area contributed by atoms with E-state index >= 15 is 0 Å². The van der Waals surface area contributed by atoms with Crippen molar-refractivity contribution in [3.05, 3.63) is 0 Å². The minimum Gasteiger partial charge on any atom is -0.481 e. The predicted octanol–water partition coefficient (Wildman–Crippen LogP) is -1.01. The van der Waals surface area contributed by atoms with Crippen LogP contribution < -0.4 is 10.6 Å². The van der Waals surface area contributed by atoms with Crippen molar-refractivity contribution in [1.82, 2.24) is 10.6 Å². The van der Waals surface area contributed by atoms with E-state index < -0.39 is 33.8 Å². The third-order valence-corrected chi connectivity index (χ3v) is 5.00. The third-order valence-electron chi connectivity index (χ3n) is 3.26. The third kappa shape index (κ3) is 5.15. The molecular formula is C11H20N2O5S. The molecule has 0 saturated carbocycles. The van der Waals surface area contributed by atoms with Crippen molar-refractivity contribution in [2.75, 3.05) is 18.1 Å². The molecule has 0 aromatic heterocycles. The van der Waals surface area contributed by atoms with Crippen molar-refractivity contribution in [3.63, 3.8) is 0 Å². The zero-order chi connectivity index (χ0) is 14.6. The number of aliphatic carboxylic acids is 1. The Balaban J connectivity index is 2.45. The lowest BCUT2D eigenvalue weighted by molar-refractivity contribution is -0.142. The van der Waals surface area contributed by atoms with Crippen LogP contribution >= 0.6 is 0 Å². The molecule has 3 unspecified atom stereocenters. The highest BCUT2D eigenvalue weighted by molar-refractivity contribution is 7.91. The molecule has 7 nitrogen and oxygen atoms in total. The molecule has 0 aromatic rings. The van der Waals surface area contributed by atoms with Crippen LogP contribution in [0.2, 0.25) is 0 Å². The summed E-state index contributed by atoms with van der Waals surface area (Å²) in [6.07, 6.45) is 0.0376. The highest BCUT2D eigenvalue weighted by Gasteiger charge is 2.27. The molecule has 0 spiro atoms. The van der Waals surface area contributed by atoms with Crippen molar-refractivity contribution in [1.29, 1.82) is 0 Å². The van der Waals surface area contributed by atoms with Gasteiger partial charge in [0.2, 0.25) is 5.91 Å². The minimum absolute atomic E-state index is 0.0376. The molecule has 0 radical (unpaired) electrons. The largest absolute Gasteiger partial charge is 0.481 e.